The third kappa shape index (κ3) is 3.53. The third-order valence-corrected chi connectivity index (χ3v) is 2.92. The van der Waals surface area contributed by atoms with Gasteiger partial charge in [-0.05, 0) is 43.8 Å². The van der Waals surface area contributed by atoms with E-state index in [4.69, 9.17) is 0 Å². The summed E-state index contributed by atoms with van der Waals surface area (Å²) in [6.45, 7) is 6.03. The molecule has 0 aromatic carbocycles. The molecule has 0 radical (unpaired) electrons. The fraction of sp³-hybridized carbons (Fsp3) is 0.571. The van der Waals surface area contributed by atoms with Gasteiger partial charge in [-0.25, -0.2) is 0 Å². The van der Waals surface area contributed by atoms with Crippen LogP contribution in [-0.2, 0) is 0 Å². The van der Waals surface area contributed by atoms with Gasteiger partial charge in [0, 0.05) is 0 Å². The highest BCUT2D eigenvalue weighted by Gasteiger charge is 2.04. The molecular weight excluding hydrogens is 168 g/mol. The Bertz CT molecular complexity index is 230. The van der Waals surface area contributed by atoms with E-state index in [1.165, 1.54) is 56.1 Å². The van der Waals surface area contributed by atoms with Crippen molar-refractivity contribution in [2.24, 2.45) is 0 Å². The van der Waals surface area contributed by atoms with Gasteiger partial charge in [-0.2, -0.15) is 0 Å². The topological polar surface area (TPSA) is 0 Å². The lowest BCUT2D eigenvalue weighted by Gasteiger charge is -2.06. The molecule has 0 amide bonds. The smallest absolute Gasteiger partial charge is 0.0276 e. The Morgan fingerprint density at radius 3 is 2.07 bits per heavy atom. The van der Waals surface area contributed by atoms with Gasteiger partial charge in [0.1, 0.15) is 0 Å². The van der Waals surface area contributed by atoms with E-state index in [0.29, 0.717) is 0 Å². The van der Waals surface area contributed by atoms with Crippen LogP contribution >= 0.6 is 0 Å². The summed E-state index contributed by atoms with van der Waals surface area (Å²) in [4.78, 5) is 0. The van der Waals surface area contributed by atoms with Crippen molar-refractivity contribution in [1.82, 2.24) is 0 Å². The predicted octanol–water partition coefficient (Wildman–Crippen LogP) is 4.79. The molecule has 0 saturated heterocycles. The Balaban J connectivity index is 2.77. The van der Waals surface area contributed by atoms with Crippen LogP contribution in [0.15, 0.2) is 36.0 Å². The molecule has 0 aliphatic heterocycles. The number of hydrogen-bond acceptors (Lipinski definition) is 0. The largest absolute Gasteiger partial charge is 0.0988 e. The summed E-state index contributed by atoms with van der Waals surface area (Å²) in [5, 5.41) is 0. The minimum absolute atomic E-state index is 1.23. The summed E-state index contributed by atoms with van der Waals surface area (Å²) >= 11 is 0. The second kappa shape index (κ2) is 6.64. The first-order valence-electron chi connectivity index (χ1n) is 5.85. The molecule has 0 fully saturated rings. The van der Waals surface area contributed by atoms with Gasteiger partial charge in [-0.3, -0.25) is 0 Å². The highest BCUT2D eigenvalue weighted by atomic mass is 14.1. The van der Waals surface area contributed by atoms with Crippen molar-refractivity contribution in [3.05, 3.63) is 36.0 Å². The maximum absolute atomic E-state index is 3.93. The highest BCUT2D eigenvalue weighted by Crippen LogP contribution is 2.23. The van der Waals surface area contributed by atoms with Gasteiger partial charge in [0.15, 0.2) is 0 Å². The van der Waals surface area contributed by atoms with Gasteiger partial charge < -0.3 is 0 Å². The van der Waals surface area contributed by atoms with Gasteiger partial charge in [-0.1, -0.05) is 44.1 Å². The van der Waals surface area contributed by atoms with Crippen LogP contribution in [0.25, 0.3) is 0 Å². The molecule has 0 atom stereocenters. The van der Waals surface area contributed by atoms with Crippen LogP contribution in [0.4, 0.5) is 0 Å². The molecule has 0 aromatic rings. The lowest BCUT2D eigenvalue weighted by Crippen LogP contribution is -1.87. The molecule has 78 valence electrons. The number of rotatable bonds is 2. The molecule has 0 saturated carbocycles. The first kappa shape index (κ1) is 11.3. The number of hydrogen-bond donors (Lipinski definition) is 0. The zero-order valence-corrected chi connectivity index (χ0v) is 9.39. The predicted molar refractivity (Wildman–Crippen MR) is 64.4 cm³/mol. The molecule has 1 aliphatic rings. The van der Waals surface area contributed by atoms with Crippen molar-refractivity contribution >= 4 is 0 Å². The lowest BCUT2D eigenvalue weighted by atomic mass is 9.99. The van der Waals surface area contributed by atoms with Crippen molar-refractivity contribution in [3.8, 4) is 0 Å². The molecule has 0 bridgehead atoms. The molecule has 0 unspecified atom stereocenters. The van der Waals surface area contributed by atoms with Crippen LogP contribution in [0.2, 0.25) is 0 Å². The highest BCUT2D eigenvalue weighted by molar-refractivity contribution is 5.32. The van der Waals surface area contributed by atoms with E-state index in [2.05, 4.69) is 31.7 Å². The Hall–Kier alpha value is -0.780. The second-order valence-corrected chi connectivity index (χ2v) is 4.02. The molecular formula is C14H22. The maximum Gasteiger partial charge on any atom is -0.0276 e. The van der Waals surface area contributed by atoms with Crippen molar-refractivity contribution in [1.29, 1.82) is 0 Å². The SMILES string of the molecule is C=C/C1=C(\C=C/C)CCCCCCC1. The summed E-state index contributed by atoms with van der Waals surface area (Å²) in [6.07, 6.45) is 15.8. The average molecular weight is 190 g/mol. The van der Waals surface area contributed by atoms with Crippen LogP contribution in [0.5, 0.6) is 0 Å². The Morgan fingerprint density at radius 1 is 0.929 bits per heavy atom. The van der Waals surface area contributed by atoms with Gasteiger partial charge in [0.05, 0.1) is 0 Å². The zero-order valence-electron chi connectivity index (χ0n) is 9.39. The molecule has 14 heavy (non-hydrogen) atoms. The molecule has 0 nitrogen and oxygen atoms in total. The van der Waals surface area contributed by atoms with Crippen molar-refractivity contribution in [3.63, 3.8) is 0 Å². The summed E-state index contributed by atoms with van der Waals surface area (Å²) in [5.41, 5.74) is 2.99. The third-order valence-electron chi connectivity index (χ3n) is 2.92. The van der Waals surface area contributed by atoms with Gasteiger partial charge in [0.25, 0.3) is 0 Å². The van der Waals surface area contributed by atoms with Gasteiger partial charge >= 0.3 is 0 Å². The van der Waals surface area contributed by atoms with Crippen LogP contribution < -0.4 is 0 Å². The van der Waals surface area contributed by atoms with E-state index in [9.17, 15) is 0 Å². The van der Waals surface area contributed by atoms with Crippen LogP contribution in [-0.4, -0.2) is 0 Å². The molecule has 1 aliphatic carbocycles. The first-order valence-corrected chi connectivity index (χ1v) is 5.85. The second-order valence-electron chi connectivity index (χ2n) is 4.02. The summed E-state index contributed by atoms with van der Waals surface area (Å²) in [5.74, 6) is 0. The van der Waals surface area contributed by atoms with Crippen LogP contribution in [0, 0.1) is 0 Å². The molecule has 0 spiro atoms. The normalized spacial score (nSPS) is 25.5. The summed E-state index contributed by atoms with van der Waals surface area (Å²) < 4.78 is 0. The zero-order chi connectivity index (χ0) is 10.2. The number of allylic oxidation sites excluding steroid dienone is 5. The molecule has 0 heterocycles. The Labute approximate surface area is 88.4 Å². The Kier molecular flexibility index (Phi) is 5.36. The van der Waals surface area contributed by atoms with Crippen LogP contribution in [0.3, 0.4) is 0 Å². The minimum Gasteiger partial charge on any atom is -0.0988 e. The molecule has 0 heteroatoms. The van der Waals surface area contributed by atoms with E-state index < -0.39 is 0 Å². The minimum atomic E-state index is 1.23. The fourth-order valence-electron chi connectivity index (χ4n) is 2.11. The van der Waals surface area contributed by atoms with E-state index in [1.54, 1.807) is 0 Å². The summed E-state index contributed by atoms with van der Waals surface area (Å²) in [6, 6.07) is 0. The molecule has 1 rings (SSSR count). The fourth-order valence-corrected chi connectivity index (χ4v) is 2.11. The van der Waals surface area contributed by atoms with Gasteiger partial charge in [0.2, 0.25) is 0 Å². The lowest BCUT2D eigenvalue weighted by molar-refractivity contribution is 0.629. The van der Waals surface area contributed by atoms with E-state index in [1.807, 2.05) is 0 Å². The quantitative estimate of drug-likeness (QED) is 0.587. The maximum atomic E-state index is 3.93. The van der Waals surface area contributed by atoms with Crippen molar-refractivity contribution in [2.75, 3.05) is 0 Å². The van der Waals surface area contributed by atoms with Crippen molar-refractivity contribution < 1.29 is 0 Å². The van der Waals surface area contributed by atoms with E-state index in [-0.39, 0.29) is 0 Å². The van der Waals surface area contributed by atoms with Crippen LogP contribution in [0.1, 0.15) is 51.9 Å². The van der Waals surface area contributed by atoms with E-state index in [0.717, 1.165) is 0 Å². The van der Waals surface area contributed by atoms with Gasteiger partial charge in [-0.15, -0.1) is 0 Å². The molecule has 0 N–H and O–H groups in total. The monoisotopic (exact) mass is 190 g/mol. The van der Waals surface area contributed by atoms with Crippen molar-refractivity contribution in [2.45, 2.75) is 51.9 Å². The standard InChI is InChI=1S/C14H22/c1-3-10-14-12-9-7-5-6-8-11-13(14)4-2/h3-4,10H,2,5-9,11-12H2,1H3/b10-3-,14-13-. The van der Waals surface area contributed by atoms with E-state index >= 15 is 0 Å². The molecule has 0 aromatic heterocycles. The summed E-state index contributed by atoms with van der Waals surface area (Å²) in [7, 11) is 0. The average Bonchev–Trinajstić information content (AvgIpc) is 2.30. The first-order chi connectivity index (χ1) is 6.88. The Morgan fingerprint density at radius 2 is 1.50 bits per heavy atom.